The van der Waals surface area contributed by atoms with E-state index in [-0.39, 0.29) is 18.3 Å². The number of fused-ring (bicyclic) bond motifs is 1. The molecule has 0 atom stereocenters. The number of rotatable bonds is 6. The lowest BCUT2D eigenvalue weighted by Gasteiger charge is -2.11. The topological polar surface area (TPSA) is 102 Å². The number of hydrogen-bond donors (Lipinski definition) is 2. The Morgan fingerprint density at radius 3 is 2.38 bits per heavy atom. The van der Waals surface area contributed by atoms with Gasteiger partial charge in [0.25, 0.3) is 0 Å². The zero-order valence-corrected chi connectivity index (χ0v) is 19.2. The fraction of sp³-hybridized carbons (Fsp3) is 0.120. The molecule has 1 aromatic heterocycles. The summed E-state index contributed by atoms with van der Waals surface area (Å²) in [7, 11) is 0. The van der Waals surface area contributed by atoms with Crippen LogP contribution in [0.25, 0.3) is 10.9 Å². The quantitative estimate of drug-likeness (QED) is 0.321. The first-order valence-electron chi connectivity index (χ1n) is 10.5. The highest BCUT2D eigenvalue weighted by molar-refractivity contribution is 6.31. The summed E-state index contributed by atoms with van der Waals surface area (Å²) in [6.07, 6.45) is 0. The number of aromatic nitrogens is 2. The van der Waals surface area contributed by atoms with Gasteiger partial charge in [-0.3, -0.25) is 0 Å². The zero-order chi connectivity index (χ0) is 24.1. The highest BCUT2D eigenvalue weighted by atomic mass is 35.5. The first-order valence-corrected chi connectivity index (χ1v) is 10.9. The summed E-state index contributed by atoms with van der Waals surface area (Å²) in [5.41, 5.74) is 2.62. The molecule has 34 heavy (non-hydrogen) atoms. The summed E-state index contributed by atoms with van der Waals surface area (Å²) in [5, 5.41) is 6.70. The van der Waals surface area contributed by atoms with Crippen molar-refractivity contribution in [3.63, 3.8) is 0 Å². The molecule has 0 aliphatic heterocycles. The number of halogens is 1. The van der Waals surface area contributed by atoms with Crippen LogP contribution >= 0.6 is 11.6 Å². The van der Waals surface area contributed by atoms with Crippen molar-refractivity contribution in [1.82, 2.24) is 9.97 Å². The van der Waals surface area contributed by atoms with Crippen LogP contribution in [-0.2, 0) is 4.74 Å². The second-order valence-electron chi connectivity index (χ2n) is 7.26. The number of ether oxygens (including phenoxy) is 2. The maximum Gasteiger partial charge on any atom is 0.376 e. The van der Waals surface area contributed by atoms with Crippen LogP contribution in [0.4, 0.5) is 16.2 Å². The van der Waals surface area contributed by atoms with E-state index in [1.165, 1.54) is 0 Å². The summed E-state index contributed by atoms with van der Waals surface area (Å²) >= 11 is 6.10. The Morgan fingerprint density at radius 2 is 1.65 bits per heavy atom. The van der Waals surface area contributed by atoms with Crippen LogP contribution in [0, 0.1) is 6.92 Å². The van der Waals surface area contributed by atoms with Crippen LogP contribution in [-0.4, -0.2) is 28.6 Å². The van der Waals surface area contributed by atoms with Gasteiger partial charge < -0.3 is 20.1 Å². The van der Waals surface area contributed by atoms with Crippen LogP contribution in [0.15, 0.2) is 66.7 Å². The Bertz CT molecular complexity index is 1360. The predicted octanol–water partition coefficient (Wildman–Crippen LogP) is 6.20. The minimum absolute atomic E-state index is 0.0817. The Balaban J connectivity index is 1.48. The molecule has 3 aromatic carbocycles. The van der Waals surface area contributed by atoms with Gasteiger partial charge in [0, 0.05) is 16.4 Å². The fourth-order valence-electron chi connectivity index (χ4n) is 3.09. The smallest absolute Gasteiger partial charge is 0.376 e. The van der Waals surface area contributed by atoms with Gasteiger partial charge in [-0.2, -0.15) is 4.98 Å². The summed E-state index contributed by atoms with van der Waals surface area (Å²) in [6.45, 7) is 3.81. The van der Waals surface area contributed by atoms with E-state index in [1.54, 1.807) is 55.5 Å². The van der Waals surface area contributed by atoms with E-state index in [1.807, 2.05) is 25.1 Å². The van der Waals surface area contributed by atoms with Gasteiger partial charge in [0.1, 0.15) is 5.75 Å². The van der Waals surface area contributed by atoms with Crippen LogP contribution in [0.5, 0.6) is 11.6 Å². The lowest BCUT2D eigenvalue weighted by Crippen LogP contribution is -2.19. The number of benzene rings is 3. The normalized spacial score (nSPS) is 10.6. The summed E-state index contributed by atoms with van der Waals surface area (Å²) in [5.74, 6) is -0.0152. The number of urea groups is 1. The third-order valence-corrected chi connectivity index (χ3v) is 5.19. The monoisotopic (exact) mass is 476 g/mol. The zero-order valence-electron chi connectivity index (χ0n) is 18.5. The van der Waals surface area contributed by atoms with E-state index in [0.29, 0.717) is 33.0 Å². The second-order valence-corrected chi connectivity index (χ2v) is 7.67. The Labute approximate surface area is 200 Å². The van der Waals surface area contributed by atoms with Crippen molar-refractivity contribution in [2.24, 2.45) is 0 Å². The third kappa shape index (κ3) is 5.41. The standard InChI is InChI=1S/C25H21ClN4O4/c1-3-33-24(31)22-29-21-7-5-4-6-19(21)23(30-22)34-18-12-10-16(11-13-18)27-25(32)28-17-9-8-15(2)20(26)14-17/h4-14H,3H2,1-2H3,(H2,27,28,32). The molecule has 0 aliphatic rings. The van der Waals surface area contributed by atoms with Crippen molar-refractivity contribution in [3.05, 3.63) is 83.1 Å². The first kappa shape index (κ1) is 23.0. The van der Waals surface area contributed by atoms with Gasteiger partial charge in [0.05, 0.1) is 17.5 Å². The Hall–Kier alpha value is -4.17. The van der Waals surface area contributed by atoms with E-state index >= 15 is 0 Å². The highest BCUT2D eigenvalue weighted by Crippen LogP contribution is 2.28. The van der Waals surface area contributed by atoms with Gasteiger partial charge in [-0.25, -0.2) is 14.6 Å². The lowest BCUT2D eigenvalue weighted by atomic mass is 10.2. The van der Waals surface area contributed by atoms with Crippen molar-refractivity contribution >= 4 is 45.9 Å². The fourth-order valence-corrected chi connectivity index (χ4v) is 3.27. The highest BCUT2D eigenvalue weighted by Gasteiger charge is 2.16. The molecule has 0 saturated heterocycles. The molecular weight excluding hydrogens is 456 g/mol. The van der Waals surface area contributed by atoms with Gasteiger partial charge in [0.15, 0.2) is 0 Å². The van der Waals surface area contributed by atoms with Crippen LogP contribution in [0.3, 0.4) is 0 Å². The molecule has 2 N–H and O–H groups in total. The minimum Gasteiger partial charge on any atom is -0.460 e. The van der Waals surface area contributed by atoms with Crippen LogP contribution in [0.2, 0.25) is 5.02 Å². The molecule has 0 radical (unpaired) electrons. The Morgan fingerprint density at radius 1 is 0.941 bits per heavy atom. The molecule has 4 aromatic rings. The lowest BCUT2D eigenvalue weighted by molar-refractivity contribution is 0.0511. The van der Waals surface area contributed by atoms with Crippen molar-refractivity contribution in [3.8, 4) is 11.6 Å². The third-order valence-electron chi connectivity index (χ3n) is 4.78. The van der Waals surface area contributed by atoms with Gasteiger partial charge in [-0.1, -0.05) is 29.8 Å². The van der Waals surface area contributed by atoms with Gasteiger partial charge in [0.2, 0.25) is 11.7 Å². The number of amides is 2. The molecule has 0 unspecified atom stereocenters. The van der Waals surface area contributed by atoms with E-state index in [9.17, 15) is 9.59 Å². The maximum absolute atomic E-state index is 12.3. The molecule has 9 heteroatoms. The second kappa shape index (κ2) is 10.2. The summed E-state index contributed by atoms with van der Waals surface area (Å²) < 4.78 is 11.0. The average Bonchev–Trinajstić information content (AvgIpc) is 2.83. The molecule has 8 nitrogen and oxygen atoms in total. The average molecular weight is 477 g/mol. The van der Waals surface area contributed by atoms with E-state index in [0.717, 1.165) is 5.56 Å². The molecule has 1 heterocycles. The number of nitrogens with one attached hydrogen (secondary N) is 2. The van der Waals surface area contributed by atoms with Crippen LogP contribution < -0.4 is 15.4 Å². The van der Waals surface area contributed by atoms with E-state index in [2.05, 4.69) is 20.6 Å². The van der Waals surface area contributed by atoms with Crippen molar-refractivity contribution in [1.29, 1.82) is 0 Å². The molecule has 0 saturated carbocycles. The molecule has 0 aliphatic carbocycles. The van der Waals surface area contributed by atoms with Gasteiger partial charge in [-0.15, -0.1) is 0 Å². The first-order chi connectivity index (χ1) is 16.4. The van der Waals surface area contributed by atoms with E-state index in [4.69, 9.17) is 21.1 Å². The van der Waals surface area contributed by atoms with Crippen molar-refractivity contribution in [2.75, 3.05) is 17.2 Å². The van der Waals surface area contributed by atoms with Crippen molar-refractivity contribution in [2.45, 2.75) is 13.8 Å². The molecule has 0 bridgehead atoms. The number of hydrogen-bond acceptors (Lipinski definition) is 6. The number of nitrogens with zero attached hydrogens (tertiary/aromatic N) is 2. The number of para-hydroxylation sites is 1. The SMILES string of the molecule is CCOC(=O)c1nc(Oc2ccc(NC(=O)Nc3ccc(C)c(Cl)c3)cc2)c2ccccc2n1. The number of carbonyl (C=O) groups is 2. The number of carbonyl (C=O) groups excluding carboxylic acids is 2. The largest absolute Gasteiger partial charge is 0.460 e. The van der Waals surface area contributed by atoms with E-state index < -0.39 is 12.0 Å². The summed E-state index contributed by atoms with van der Waals surface area (Å²) in [6, 6.07) is 18.8. The predicted molar refractivity (Wildman–Crippen MR) is 131 cm³/mol. The minimum atomic E-state index is -0.626. The maximum atomic E-state index is 12.3. The molecule has 0 spiro atoms. The number of aryl methyl sites for hydroxylation is 1. The number of anilines is 2. The molecular formula is C25H21ClN4O4. The molecule has 172 valence electrons. The molecule has 4 rings (SSSR count). The van der Waals surface area contributed by atoms with Gasteiger partial charge in [-0.05, 0) is 67.9 Å². The molecule has 2 amide bonds. The van der Waals surface area contributed by atoms with Crippen LogP contribution in [0.1, 0.15) is 23.1 Å². The van der Waals surface area contributed by atoms with Crippen molar-refractivity contribution < 1.29 is 19.1 Å². The summed E-state index contributed by atoms with van der Waals surface area (Å²) in [4.78, 5) is 33.0. The number of esters is 1. The Kier molecular flexibility index (Phi) is 6.89. The molecule has 0 fully saturated rings. The van der Waals surface area contributed by atoms with Gasteiger partial charge >= 0.3 is 12.0 Å².